The van der Waals surface area contributed by atoms with Crippen LogP contribution < -0.4 is 0 Å². The normalized spacial score (nSPS) is 19.5. The first-order valence-corrected chi connectivity index (χ1v) is 38.5. The number of hydroxylamine groups is 2. The Morgan fingerprint density at radius 3 is 1.07 bits per heavy atom. The van der Waals surface area contributed by atoms with Crippen LogP contribution in [-0.4, -0.2) is 219 Å². The molecule has 7 rings (SSSR count). The molecule has 7 aliphatic heterocycles. The Morgan fingerprint density at radius 1 is 0.352 bits per heavy atom. The van der Waals surface area contributed by atoms with Crippen LogP contribution in [-0.2, 0) is 203 Å². The van der Waals surface area contributed by atoms with Gasteiger partial charge in [-0.3, -0.25) is 4.84 Å². The Morgan fingerprint density at radius 2 is 0.803 bits per heavy atom. The summed E-state index contributed by atoms with van der Waals surface area (Å²) in [6, 6.07) is 0. The molecule has 0 unspecified atom stereocenters. The molecule has 7 fully saturated rings. The average Bonchev–Trinajstić information content (AvgIpc) is 3.76. The van der Waals surface area contributed by atoms with Crippen molar-refractivity contribution in [3.05, 3.63) is 0 Å². The Labute approximate surface area is 537 Å². The first-order chi connectivity index (χ1) is 33.9. The predicted molar refractivity (Wildman–Crippen MR) is 277 cm³/mol. The fourth-order valence-electron chi connectivity index (χ4n) is 4.59. The molecule has 0 aromatic rings. The number of likely N-dealkylation sites (N-methyl/N-ethyl adjacent to an activating group) is 5. The Bertz CT molecular complexity index is 1350. The van der Waals surface area contributed by atoms with Gasteiger partial charge in [0, 0.05) is 13.6 Å². The first kappa shape index (κ1) is 89.3. The van der Waals surface area contributed by atoms with Gasteiger partial charge in [0.25, 0.3) is 0 Å². The molecule has 422 valence electrons. The number of likely N-dealkylation sites (tertiary alicyclic amines) is 1. The third kappa shape index (κ3) is 57.5. The van der Waals surface area contributed by atoms with Crippen LogP contribution >= 0.6 is 0 Å². The van der Waals surface area contributed by atoms with Gasteiger partial charge in [-0.15, -0.1) is 0 Å². The monoisotopic (exact) mass is 2540 g/mol. The second kappa shape index (κ2) is 67.0. The summed E-state index contributed by atoms with van der Waals surface area (Å²) >= 11 is 13.6. The van der Waals surface area contributed by atoms with Crippen molar-refractivity contribution >= 4 is 36.4 Å². The van der Waals surface area contributed by atoms with Crippen LogP contribution in [0, 0.1) is 0 Å². The number of rotatable bonds is 0. The van der Waals surface area contributed by atoms with Crippen LogP contribution in [0.4, 0.5) is 0 Å². The summed E-state index contributed by atoms with van der Waals surface area (Å²) in [6.45, 7) is 42.7. The van der Waals surface area contributed by atoms with Crippen molar-refractivity contribution in [1.29, 1.82) is 0 Å². The van der Waals surface area contributed by atoms with E-state index < -0.39 is 0 Å². The van der Waals surface area contributed by atoms with Gasteiger partial charge in [0.1, 0.15) is 0 Å². The molecule has 0 saturated carbocycles. The molecule has 0 radical (unpaired) electrons. The second-order valence-electron chi connectivity index (χ2n) is 13.4. The van der Waals surface area contributed by atoms with Crippen LogP contribution in [0.5, 0.6) is 0 Å². The van der Waals surface area contributed by atoms with Gasteiger partial charge in [-0.25, -0.2) is 0 Å². The van der Waals surface area contributed by atoms with Crippen LogP contribution in [0.3, 0.4) is 0 Å². The molecule has 0 aliphatic carbocycles. The molecule has 0 bridgehead atoms. The standard InChI is InChI=1S/2C5H9NO.3C5H7NO.C5H11NO.C5H9N.7C2H6.9W/c5*1-6-2-4-7-5-3-6;1-6-4-2-3-5-7-6;1-6-4-2-3-5-6;7*1-2;;;;;;;;;/h2,4-5H2,1H3;2-4H2,1H3;4-5H2,1H3;2,5H2,1H3;2-3H2,1H3;2-5H2,1H3;2-4H2,1H3;7*1-2H3;;;;;;;;;. The predicted octanol–water partition coefficient (Wildman–Crippen LogP) is 5.37. The molecular formula is C49H101N7O6W9. The number of hydrogen-bond donors (Lipinski definition) is 0. The molecule has 0 N–H and O–H groups in total. The summed E-state index contributed by atoms with van der Waals surface area (Å²) in [7, 11) is 14.7. The van der Waals surface area contributed by atoms with Crippen LogP contribution in [0.25, 0.3) is 0 Å². The Kier molecular flexibility index (Phi) is 84.3. The molecular weight excluding hydrogens is 2440 g/mol. The van der Waals surface area contributed by atoms with E-state index in [2.05, 4.69) is 71.7 Å². The third-order valence-corrected chi connectivity index (χ3v) is 19.3. The topological polar surface area (TPSA) is 78.1 Å². The number of ether oxygens (including phenoxy) is 5. The van der Waals surface area contributed by atoms with Crippen LogP contribution in [0.2, 0.25) is 0 Å². The van der Waals surface area contributed by atoms with Gasteiger partial charge >= 0.3 is 404 Å². The van der Waals surface area contributed by atoms with Crippen molar-refractivity contribution in [3.8, 4) is 0 Å². The summed E-state index contributed by atoms with van der Waals surface area (Å²) < 4.78 is 38.6. The number of hydrogen-bond acceptors (Lipinski definition) is 13. The van der Waals surface area contributed by atoms with Gasteiger partial charge in [-0.05, 0) is 12.8 Å². The molecule has 0 aromatic heterocycles. The van der Waals surface area contributed by atoms with Crippen LogP contribution in [0.1, 0.15) is 123 Å². The van der Waals surface area contributed by atoms with Crippen molar-refractivity contribution in [2.24, 2.45) is 0 Å². The quantitative estimate of drug-likeness (QED) is 0.313. The van der Waals surface area contributed by atoms with Crippen molar-refractivity contribution < 1.29 is 203 Å². The summed E-state index contributed by atoms with van der Waals surface area (Å²) in [5, 5.41) is 1.89. The van der Waals surface area contributed by atoms with E-state index in [1.165, 1.54) is 219 Å². The van der Waals surface area contributed by atoms with E-state index in [0.29, 0.717) is 0 Å². The Balaban J connectivity index is -0.000000129. The molecule has 0 amide bonds. The SMILES string of the molecule is CC.CC.CC.CC.CC.CC.CC.CN1CCCCO1.CN1CCC[C]1=[W].CN1CCOC[C]1=[W].CN1CCO[C](=[W])C1.CN1C[C](=[W])OC[C]1=[W].CN1C[C](=[W])O[C](=[W])C1.CN1[C](=[W])COC[C]1=[W]. The van der Waals surface area contributed by atoms with Gasteiger partial charge in [0.15, 0.2) is 0 Å². The van der Waals surface area contributed by atoms with E-state index >= 15 is 0 Å². The first-order valence-electron chi connectivity index (χ1n) is 25.3. The molecule has 7 saturated heterocycles. The molecule has 7 aliphatic rings. The zero-order valence-corrected chi connectivity index (χ0v) is 74.6. The molecule has 22 heteroatoms. The maximum absolute atomic E-state index is 5.42. The molecule has 7 heterocycles. The zero-order valence-electron chi connectivity index (χ0n) is 48.2. The van der Waals surface area contributed by atoms with Gasteiger partial charge in [-0.2, -0.15) is 5.06 Å². The van der Waals surface area contributed by atoms with E-state index in [1.807, 2.05) is 109 Å². The average molecular weight is 2540 g/mol. The molecule has 0 atom stereocenters. The van der Waals surface area contributed by atoms with Gasteiger partial charge < -0.3 is 0 Å². The summed E-state index contributed by atoms with van der Waals surface area (Å²) in [6.07, 6.45) is 5.25. The van der Waals surface area contributed by atoms with Gasteiger partial charge in [-0.1, -0.05) is 96.9 Å². The van der Waals surface area contributed by atoms with E-state index in [1.54, 1.807) is 23.4 Å². The molecule has 13 nitrogen and oxygen atoms in total. The summed E-state index contributed by atoms with van der Waals surface area (Å²) in [4.78, 5) is 18.8. The van der Waals surface area contributed by atoms with Crippen molar-refractivity contribution in [1.82, 2.24) is 34.5 Å². The van der Waals surface area contributed by atoms with E-state index in [-0.39, 0.29) is 0 Å². The van der Waals surface area contributed by atoms with Crippen molar-refractivity contribution in [2.45, 2.75) is 123 Å². The molecule has 0 aromatic carbocycles. The number of nitrogens with zero attached hydrogens (tertiary/aromatic N) is 7. The van der Waals surface area contributed by atoms with E-state index in [4.69, 9.17) is 28.5 Å². The second-order valence-corrected chi connectivity index (χ2v) is 28.4. The minimum absolute atomic E-state index is 0.824. The summed E-state index contributed by atoms with van der Waals surface area (Å²) in [5.41, 5.74) is 0. The minimum atomic E-state index is 0.824. The van der Waals surface area contributed by atoms with Crippen molar-refractivity contribution in [3.63, 3.8) is 0 Å². The maximum atomic E-state index is 5.42. The Hall–Kier alpha value is 4.50. The van der Waals surface area contributed by atoms with Gasteiger partial charge in [0.2, 0.25) is 0 Å². The number of morpholine rings is 5. The van der Waals surface area contributed by atoms with Gasteiger partial charge in [0.05, 0.1) is 6.61 Å². The van der Waals surface area contributed by atoms with Crippen LogP contribution in [0.15, 0.2) is 0 Å². The van der Waals surface area contributed by atoms with Crippen molar-refractivity contribution in [2.75, 3.05) is 148 Å². The van der Waals surface area contributed by atoms with E-state index in [9.17, 15) is 0 Å². The molecule has 0 spiro atoms. The fraction of sp³-hybridized carbons (Fsp3) is 0.816. The third-order valence-electron chi connectivity index (χ3n) is 8.22. The van der Waals surface area contributed by atoms with E-state index in [0.717, 1.165) is 92.1 Å². The molecule has 71 heavy (non-hydrogen) atoms. The zero-order chi connectivity index (χ0) is 56.9. The summed E-state index contributed by atoms with van der Waals surface area (Å²) in [5.74, 6) is 0. The fourth-order valence-corrected chi connectivity index (χ4v) is 13.9.